The molecular formula is C16H17BrN2O. The van der Waals surface area contributed by atoms with Crippen molar-refractivity contribution in [2.45, 2.75) is 25.8 Å². The number of halogens is 1. The van der Waals surface area contributed by atoms with E-state index in [-0.39, 0.29) is 6.04 Å². The van der Waals surface area contributed by atoms with Gasteiger partial charge in [0.25, 0.3) is 0 Å². The minimum Gasteiger partial charge on any atom is -0.493 e. The predicted molar refractivity (Wildman–Crippen MR) is 84.2 cm³/mol. The van der Waals surface area contributed by atoms with Crippen molar-refractivity contribution < 1.29 is 4.74 Å². The summed E-state index contributed by atoms with van der Waals surface area (Å²) in [6.07, 6.45) is 3.81. The Morgan fingerprint density at radius 2 is 2.30 bits per heavy atom. The van der Waals surface area contributed by atoms with Gasteiger partial charge in [-0.25, -0.2) is 4.98 Å². The first-order valence-corrected chi connectivity index (χ1v) is 7.70. The minimum absolute atomic E-state index is 0.279. The van der Waals surface area contributed by atoms with Crippen LogP contribution < -0.4 is 10.1 Å². The second kappa shape index (κ2) is 5.83. The summed E-state index contributed by atoms with van der Waals surface area (Å²) in [5, 5.41) is 3.55. The van der Waals surface area contributed by atoms with Gasteiger partial charge in [0, 0.05) is 12.6 Å². The van der Waals surface area contributed by atoms with Crippen LogP contribution in [0.5, 0.6) is 5.75 Å². The average Bonchev–Trinajstić information content (AvgIpc) is 2.94. The van der Waals surface area contributed by atoms with Crippen LogP contribution in [-0.2, 0) is 6.42 Å². The Kier molecular flexibility index (Phi) is 3.92. The summed E-state index contributed by atoms with van der Waals surface area (Å²) in [6, 6.07) is 10.7. The maximum atomic E-state index is 5.57. The molecule has 0 bridgehead atoms. The van der Waals surface area contributed by atoms with Crippen molar-refractivity contribution in [3.63, 3.8) is 0 Å². The number of hydrogen-bond donors (Lipinski definition) is 1. The molecule has 2 aromatic rings. The molecule has 0 aliphatic carbocycles. The molecule has 0 spiro atoms. The van der Waals surface area contributed by atoms with Crippen molar-refractivity contribution in [2.75, 3.05) is 11.9 Å². The third-order valence-electron chi connectivity index (χ3n) is 3.61. The van der Waals surface area contributed by atoms with Crippen molar-refractivity contribution in [3.8, 4) is 5.75 Å². The molecule has 3 nitrogen and oxygen atoms in total. The van der Waals surface area contributed by atoms with Crippen molar-refractivity contribution in [3.05, 3.63) is 52.3 Å². The van der Waals surface area contributed by atoms with Crippen LogP contribution in [0, 0.1) is 0 Å². The van der Waals surface area contributed by atoms with E-state index in [0.717, 1.165) is 35.5 Å². The lowest BCUT2D eigenvalue weighted by Crippen LogP contribution is -2.10. The summed E-state index contributed by atoms with van der Waals surface area (Å²) >= 11 is 3.48. The highest BCUT2D eigenvalue weighted by Crippen LogP contribution is 2.31. The first kappa shape index (κ1) is 13.4. The fourth-order valence-corrected chi connectivity index (χ4v) is 2.89. The van der Waals surface area contributed by atoms with Crippen LogP contribution in [0.4, 0.5) is 5.69 Å². The van der Waals surface area contributed by atoms with E-state index in [1.54, 1.807) is 6.20 Å². The number of aromatic nitrogens is 1. The van der Waals surface area contributed by atoms with Crippen LogP contribution in [0.15, 0.2) is 41.1 Å². The van der Waals surface area contributed by atoms with E-state index in [0.29, 0.717) is 0 Å². The zero-order chi connectivity index (χ0) is 13.9. The fraction of sp³-hybridized carbons (Fsp3) is 0.312. The highest BCUT2D eigenvalue weighted by Gasteiger charge is 2.16. The Balaban J connectivity index is 1.85. The number of benzene rings is 1. The lowest BCUT2D eigenvalue weighted by molar-refractivity contribution is 0.357. The average molecular weight is 333 g/mol. The molecule has 1 aromatic carbocycles. The molecule has 1 aromatic heterocycles. The van der Waals surface area contributed by atoms with Gasteiger partial charge in [-0.05, 0) is 57.7 Å². The summed E-state index contributed by atoms with van der Waals surface area (Å²) < 4.78 is 6.42. The van der Waals surface area contributed by atoms with E-state index in [9.17, 15) is 0 Å². The molecule has 0 fully saturated rings. The predicted octanol–water partition coefficient (Wildman–Crippen LogP) is 4.34. The Morgan fingerprint density at radius 3 is 3.10 bits per heavy atom. The van der Waals surface area contributed by atoms with Gasteiger partial charge >= 0.3 is 0 Å². The van der Waals surface area contributed by atoms with Crippen molar-refractivity contribution >= 4 is 21.6 Å². The second-order valence-corrected chi connectivity index (χ2v) is 5.66. The van der Waals surface area contributed by atoms with E-state index >= 15 is 0 Å². The zero-order valence-corrected chi connectivity index (χ0v) is 13.0. The number of anilines is 1. The van der Waals surface area contributed by atoms with E-state index in [4.69, 9.17) is 4.74 Å². The molecule has 1 aliphatic heterocycles. The Morgan fingerprint density at radius 1 is 1.40 bits per heavy atom. The molecule has 3 rings (SSSR count). The van der Waals surface area contributed by atoms with Crippen LogP contribution in [-0.4, -0.2) is 11.6 Å². The van der Waals surface area contributed by atoms with Gasteiger partial charge in [-0.15, -0.1) is 0 Å². The zero-order valence-electron chi connectivity index (χ0n) is 11.4. The number of pyridine rings is 1. The topological polar surface area (TPSA) is 34.2 Å². The van der Waals surface area contributed by atoms with E-state index in [1.165, 1.54) is 11.1 Å². The molecule has 0 saturated heterocycles. The quantitative estimate of drug-likeness (QED) is 0.845. The molecular weight excluding hydrogens is 316 g/mol. The van der Waals surface area contributed by atoms with Gasteiger partial charge in [-0.2, -0.15) is 0 Å². The van der Waals surface area contributed by atoms with Crippen molar-refractivity contribution in [1.82, 2.24) is 4.98 Å². The third-order valence-corrected chi connectivity index (χ3v) is 4.24. The normalized spacial score (nSPS) is 14.5. The maximum Gasteiger partial charge on any atom is 0.129 e. The Hall–Kier alpha value is -1.55. The number of rotatable bonds is 4. The van der Waals surface area contributed by atoms with E-state index < -0.39 is 0 Å². The summed E-state index contributed by atoms with van der Waals surface area (Å²) in [4.78, 5) is 4.25. The number of nitrogens with one attached hydrogen (secondary N) is 1. The fourth-order valence-electron chi connectivity index (χ4n) is 2.53. The Labute approximate surface area is 127 Å². The standard InChI is InChI=1S/C16H17BrN2O/c1-2-13(19-14-4-3-8-18-16(14)17)11-5-6-15-12(10-11)7-9-20-15/h3-6,8,10,13,19H,2,7,9H2,1H3. The highest BCUT2D eigenvalue weighted by atomic mass is 79.9. The minimum atomic E-state index is 0.279. The largest absolute Gasteiger partial charge is 0.493 e. The van der Waals surface area contributed by atoms with Gasteiger partial charge in [0.2, 0.25) is 0 Å². The molecule has 20 heavy (non-hydrogen) atoms. The third kappa shape index (κ3) is 2.66. The molecule has 2 heterocycles. The summed E-state index contributed by atoms with van der Waals surface area (Å²) in [7, 11) is 0. The monoisotopic (exact) mass is 332 g/mol. The molecule has 1 atom stereocenters. The number of nitrogens with zero attached hydrogens (tertiary/aromatic N) is 1. The first-order chi connectivity index (χ1) is 9.78. The van der Waals surface area contributed by atoms with Gasteiger partial charge < -0.3 is 10.1 Å². The maximum absolute atomic E-state index is 5.57. The van der Waals surface area contributed by atoms with Crippen molar-refractivity contribution in [1.29, 1.82) is 0 Å². The van der Waals surface area contributed by atoms with Gasteiger partial charge in [-0.1, -0.05) is 13.0 Å². The lowest BCUT2D eigenvalue weighted by atomic mass is 10.0. The smallest absolute Gasteiger partial charge is 0.129 e. The Bertz CT molecular complexity index is 615. The molecule has 0 saturated carbocycles. The molecule has 1 aliphatic rings. The van der Waals surface area contributed by atoms with Crippen LogP contribution >= 0.6 is 15.9 Å². The molecule has 4 heteroatoms. The van der Waals surface area contributed by atoms with Crippen LogP contribution in [0.25, 0.3) is 0 Å². The van der Waals surface area contributed by atoms with Crippen LogP contribution in [0.2, 0.25) is 0 Å². The molecule has 104 valence electrons. The number of ether oxygens (including phenoxy) is 1. The van der Waals surface area contributed by atoms with Crippen LogP contribution in [0.3, 0.4) is 0 Å². The van der Waals surface area contributed by atoms with Gasteiger partial charge in [0.05, 0.1) is 18.3 Å². The van der Waals surface area contributed by atoms with E-state index in [2.05, 4.69) is 51.4 Å². The second-order valence-electron chi connectivity index (χ2n) is 4.91. The first-order valence-electron chi connectivity index (χ1n) is 6.90. The van der Waals surface area contributed by atoms with Gasteiger partial charge in [0.1, 0.15) is 10.4 Å². The molecule has 0 amide bonds. The SMILES string of the molecule is CCC(Nc1cccnc1Br)c1ccc2c(c1)CCO2. The number of fused-ring (bicyclic) bond motifs is 1. The van der Waals surface area contributed by atoms with Gasteiger partial charge in [0.15, 0.2) is 0 Å². The summed E-state index contributed by atoms with van der Waals surface area (Å²) in [5.74, 6) is 1.03. The van der Waals surface area contributed by atoms with Crippen molar-refractivity contribution in [2.24, 2.45) is 0 Å². The number of hydrogen-bond acceptors (Lipinski definition) is 3. The molecule has 1 unspecified atom stereocenters. The van der Waals surface area contributed by atoms with Gasteiger partial charge in [-0.3, -0.25) is 0 Å². The van der Waals surface area contributed by atoms with Crippen LogP contribution in [0.1, 0.15) is 30.5 Å². The highest BCUT2D eigenvalue weighted by molar-refractivity contribution is 9.10. The molecule has 0 radical (unpaired) electrons. The summed E-state index contributed by atoms with van der Waals surface area (Å²) in [5.41, 5.74) is 3.64. The van der Waals surface area contributed by atoms with E-state index in [1.807, 2.05) is 12.1 Å². The molecule has 1 N–H and O–H groups in total. The summed E-state index contributed by atoms with van der Waals surface area (Å²) in [6.45, 7) is 2.99. The lowest BCUT2D eigenvalue weighted by Gasteiger charge is -2.20.